The van der Waals surface area contributed by atoms with Crippen molar-refractivity contribution in [1.82, 2.24) is 10.2 Å². The SMILES string of the molecule is CNCC1CCN(C(=O)C2(CC(C)C)CCC2)CC1. The van der Waals surface area contributed by atoms with Gasteiger partial charge >= 0.3 is 0 Å². The van der Waals surface area contributed by atoms with E-state index in [2.05, 4.69) is 24.1 Å². The van der Waals surface area contributed by atoms with E-state index in [1.54, 1.807) is 0 Å². The quantitative estimate of drug-likeness (QED) is 0.829. The number of rotatable bonds is 5. The van der Waals surface area contributed by atoms with E-state index in [1.165, 1.54) is 19.3 Å². The highest BCUT2D eigenvalue weighted by atomic mass is 16.2. The molecule has 1 saturated heterocycles. The van der Waals surface area contributed by atoms with E-state index in [9.17, 15) is 4.79 Å². The lowest BCUT2D eigenvalue weighted by Crippen LogP contribution is -2.51. The van der Waals surface area contributed by atoms with Crippen molar-refractivity contribution in [3.8, 4) is 0 Å². The molecule has 1 aliphatic carbocycles. The molecule has 1 N–H and O–H groups in total. The zero-order chi connectivity index (χ0) is 13.9. The van der Waals surface area contributed by atoms with Crippen LogP contribution in [0.5, 0.6) is 0 Å². The van der Waals surface area contributed by atoms with E-state index in [4.69, 9.17) is 0 Å². The molecule has 0 aromatic rings. The van der Waals surface area contributed by atoms with Crippen molar-refractivity contribution in [2.75, 3.05) is 26.7 Å². The van der Waals surface area contributed by atoms with Crippen LogP contribution in [0, 0.1) is 17.3 Å². The third-order valence-electron chi connectivity index (χ3n) is 4.96. The van der Waals surface area contributed by atoms with Gasteiger partial charge in [-0.2, -0.15) is 0 Å². The van der Waals surface area contributed by atoms with Gasteiger partial charge in [0.1, 0.15) is 0 Å². The molecule has 0 atom stereocenters. The van der Waals surface area contributed by atoms with Crippen LogP contribution in [0.15, 0.2) is 0 Å². The highest BCUT2D eigenvalue weighted by Crippen LogP contribution is 2.47. The van der Waals surface area contributed by atoms with Crippen LogP contribution >= 0.6 is 0 Å². The number of piperidine rings is 1. The number of amides is 1. The van der Waals surface area contributed by atoms with Gasteiger partial charge in [-0.05, 0) is 57.5 Å². The van der Waals surface area contributed by atoms with Crippen LogP contribution < -0.4 is 5.32 Å². The first-order chi connectivity index (χ1) is 9.07. The maximum absolute atomic E-state index is 12.8. The topological polar surface area (TPSA) is 32.3 Å². The molecule has 3 heteroatoms. The Morgan fingerprint density at radius 3 is 2.37 bits per heavy atom. The summed E-state index contributed by atoms with van der Waals surface area (Å²) in [4.78, 5) is 15.0. The van der Waals surface area contributed by atoms with Crippen LogP contribution in [0.1, 0.15) is 52.4 Å². The molecule has 0 radical (unpaired) electrons. The van der Waals surface area contributed by atoms with Crippen molar-refractivity contribution in [3.05, 3.63) is 0 Å². The van der Waals surface area contributed by atoms with Gasteiger partial charge in [0.25, 0.3) is 0 Å². The third-order valence-corrected chi connectivity index (χ3v) is 4.96. The first-order valence-corrected chi connectivity index (χ1v) is 8.01. The zero-order valence-electron chi connectivity index (χ0n) is 12.9. The lowest BCUT2D eigenvalue weighted by atomic mass is 9.63. The zero-order valence-corrected chi connectivity index (χ0v) is 12.9. The average Bonchev–Trinajstić information content (AvgIpc) is 2.34. The Morgan fingerprint density at radius 1 is 1.32 bits per heavy atom. The predicted octanol–water partition coefficient (Wildman–Crippen LogP) is 2.66. The van der Waals surface area contributed by atoms with Crippen LogP contribution in [-0.4, -0.2) is 37.5 Å². The normalized spacial score (nSPS) is 23.5. The Bertz CT molecular complexity index is 302. The summed E-state index contributed by atoms with van der Waals surface area (Å²) in [6, 6.07) is 0. The fourth-order valence-corrected chi connectivity index (χ4v) is 3.85. The number of nitrogens with zero attached hydrogens (tertiary/aromatic N) is 1. The number of carbonyl (C=O) groups is 1. The molecule has 0 aromatic carbocycles. The summed E-state index contributed by atoms with van der Waals surface area (Å²) < 4.78 is 0. The summed E-state index contributed by atoms with van der Waals surface area (Å²) in [5.74, 6) is 1.86. The van der Waals surface area contributed by atoms with Gasteiger partial charge in [-0.25, -0.2) is 0 Å². The Hall–Kier alpha value is -0.570. The Kier molecular flexibility index (Phi) is 4.88. The second kappa shape index (κ2) is 6.25. The van der Waals surface area contributed by atoms with Crippen LogP contribution in [0.3, 0.4) is 0 Å². The first kappa shape index (κ1) is 14.8. The van der Waals surface area contributed by atoms with E-state index in [0.29, 0.717) is 11.8 Å². The standard InChI is InChI=1S/C16H30N2O/c1-13(2)11-16(7-4-8-16)15(19)18-9-5-14(6-10-18)12-17-3/h13-14,17H,4-12H2,1-3H3. The summed E-state index contributed by atoms with van der Waals surface area (Å²) in [7, 11) is 2.02. The Morgan fingerprint density at radius 2 is 1.95 bits per heavy atom. The Labute approximate surface area is 118 Å². The second-order valence-electron chi connectivity index (χ2n) is 7.03. The molecule has 1 heterocycles. The summed E-state index contributed by atoms with van der Waals surface area (Å²) in [5.41, 5.74) is 0.0179. The first-order valence-electron chi connectivity index (χ1n) is 8.01. The minimum atomic E-state index is 0.0179. The lowest BCUT2D eigenvalue weighted by Gasteiger charge is -2.46. The highest BCUT2D eigenvalue weighted by molar-refractivity contribution is 5.83. The summed E-state index contributed by atoms with van der Waals surface area (Å²) >= 11 is 0. The van der Waals surface area contributed by atoms with Crippen LogP contribution in [0.2, 0.25) is 0 Å². The van der Waals surface area contributed by atoms with E-state index in [-0.39, 0.29) is 5.41 Å². The van der Waals surface area contributed by atoms with Crippen molar-refractivity contribution >= 4 is 5.91 Å². The smallest absolute Gasteiger partial charge is 0.228 e. The number of likely N-dealkylation sites (tertiary alicyclic amines) is 1. The number of hydrogen-bond acceptors (Lipinski definition) is 2. The van der Waals surface area contributed by atoms with Crippen molar-refractivity contribution in [2.24, 2.45) is 17.3 Å². The fourth-order valence-electron chi connectivity index (χ4n) is 3.85. The van der Waals surface area contributed by atoms with Crippen LogP contribution in [-0.2, 0) is 4.79 Å². The van der Waals surface area contributed by atoms with E-state index in [1.807, 2.05) is 7.05 Å². The highest BCUT2D eigenvalue weighted by Gasteiger charge is 2.46. The van der Waals surface area contributed by atoms with Crippen molar-refractivity contribution < 1.29 is 4.79 Å². The minimum absolute atomic E-state index is 0.0179. The molecule has 0 spiro atoms. The van der Waals surface area contributed by atoms with Gasteiger partial charge in [0, 0.05) is 18.5 Å². The second-order valence-corrected chi connectivity index (χ2v) is 7.03. The maximum atomic E-state index is 12.8. The van der Waals surface area contributed by atoms with Gasteiger partial charge in [0.15, 0.2) is 0 Å². The predicted molar refractivity (Wildman–Crippen MR) is 79.0 cm³/mol. The molecular formula is C16H30N2O. The molecule has 2 rings (SSSR count). The summed E-state index contributed by atoms with van der Waals surface area (Å²) in [5, 5.41) is 3.26. The molecule has 1 amide bonds. The molecule has 2 fully saturated rings. The number of nitrogens with one attached hydrogen (secondary N) is 1. The van der Waals surface area contributed by atoms with Crippen molar-refractivity contribution in [1.29, 1.82) is 0 Å². The van der Waals surface area contributed by atoms with Crippen LogP contribution in [0.4, 0.5) is 0 Å². The molecule has 1 aliphatic heterocycles. The van der Waals surface area contributed by atoms with Crippen molar-refractivity contribution in [2.45, 2.75) is 52.4 Å². The molecular weight excluding hydrogens is 236 g/mol. The molecule has 0 bridgehead atoms. The molecule has 0 unspecified atom stereocenters. The maximum Gasteiger partial charge on any atom is 0.228 e. The molecule has 19 heavy (non-hydrogen) atoms. The summed E-state index contributed by atoms with van der Waals surface area (Å²) in [6.45, 7) is 7.54. The van der Waals surface area contributed by atoms with Gasteiger partial charge in [-0.1, -0.05) is 20.3 Å². The van der Waals surface area contributed by atoms with Gasteiger partial charge in [-0.3, -0.25) is 4.79 Å². The molecule has 2 aliphatic rings. The van der Waals surface area contributed by atoms with Gasteiger partial charge in [0.2, 0.25) is 5.91 Å². The fraction of sp³-hybridized carbons (Fsp3) is 0.938. The van der Waals surface area contributed by atoms with E-state index < -0.39 is 0 Å². The van der Waals surface area contributed by atoms with Crippen LogP contribution in [0.25, 0.3) is 0 Å². The lowest BCUT2D eigenvalue weighted by molar-refractivity contribution is -0.150. The molecule has 1 saturated carbocycles. The number of hydrogen-bond donors (Lipinski definition) is 1. The molecule has 0 aromatic heterocycles. The molecule has 110 valence electrons. The van der Waals surface area contributed by atoms with Gasteiger partial charge in [-0.15, -0.1) is 0 Å². The van der Waals surface area contributed by atoms with Gasteiger partial charge in [0.05, 0.1) is 0 Å². The van der Waals surface area contributed by atoms with Gasteiger partial charge < -0.3 is 10.2 Å². The average molecular weight is 266 g/mol. The monoisotopic (exact) mass is 266 g/mol. The largest absolute Gasteiger partial charge is 0.342 e. The minimum Gasteiger partial charge on any atom is -0.342 e. The Balaban J connectivity index is 1.89. The number of carbonyl (C=O) groups excluding carboxylic acids is 1. The van der Waals surface area contributed by atoms with E-state index >= 15 is 0 Å². The third kappa shape index (κ3) is 3.31. The van der Waals surface area contributed by atoms with E-state index in [0.717, 1.165) is 44.8 Å². The van der Waals surface area contributed by atoms with Crippen molar-refractivity contribution in [3.63, 3.8) is 0 Å². The summed E-state index contributed by atoms with van der Waals surface area (Å²) in [6.07, 6.45) is 6.92. The molecule has 3 nitrogen and oxygen atoms in total.